The Labute approximate surface area is 117 Å². The highest BCUT2D eigenvalue weighted by atomic mass is 16.2. The number of hydrogen-bond donors (Lipinski definition) is 2. The average Bonchev–Trinajstić information content (AvgIpc) is 2.73. The molecule has 3 N–H and O–H groups in total. The van der Waals surface area contributed by atoms with E-state index in [2.05, 4.69) is 26.1 Å². The largest absolute Gasteiger partial charge is 0.353 e. The zero-order valence-electron chi connectivity index (χ0n) is 12.7. The van der Waals surface area contributed by atoms with Crippen molar-refractivity contribution in [2.75, 3.05) is 0 Å². The lowest BCUT2D eigenvalue weighted by molar-refractivity contribution is -0.128. The van der Waals surface area contributed by atoms with Gasteiger partial charge < -0.3 is 11.1 Å². The second-order valence-corrected chi connectivity index (χ2v) is 6.88. The van der Waals surface area contributed by atoms with Gasteiger partial charge in [-0.2, -0.15) is 0 Å². The Bertz CT molecular complexity index is 318. The molecule has 2 rings (SSSR count). The summed E-state index contributed by atoms with van der Waals surface area (Å²) in [5.74, 6) is 2.30. The Morgan fingerprint density at radius 2 is 1.95 bits per heavy atom. The molecule has 0 radical (unpaired) electrons. The third-order valence-corrected chi connectivity index (χ3v) is 5.65. The van der Waals surface area contributed by atoms with E-state index >= 15 is 0 Å². The Balaban J connectivity index is 1.90. The second-order valence-electron chi connectivity index (χ2n) is 6.88. The summed E-state index contributed by atoms with van der Waals surface area (Å²) in [6, 6.07) is 0.610. The van der Waals surface area contributed by atoms with Crippen molar-refractivity contribution < 1.29 is 4.79 Å². The van der Waals surface area contributed by atoms with Crippen LogP contribution in [0.2, 0.25) is 0 Å². The summed E-state index contributed by atoms with van der Waals surface area (Å²) >= 11 is 0. The highest BCUT2D eigenvalue weighted by Gasteiger charge is 2.36. The Morgan fingerprint density at radius 1 is 1.21 bits per heavy atom. The molecule has 0 aromatic rings. The predicted octanol–water partition coefficient (Wildman–Crippen LogP) is 2.69. The molecule has 0 aromatic heterocycles. The monoisotopic (exact) mass is 266 g/mol. The van der Waals surface area contributed by atoms with Crippen LogP contribution in [0.5, 0.6) is 0 Å². The maximum Gasteiger partial charge on any atom is 0.223 e. The van der Waals surface area contributed by atoms with Gasteiger partial charge in [-0.15, -0.1) is 0 Å². The van der Waals surface area contributed by atoms with Gasteiger partial charge >= 0.3 is 0 Å². The minimum Gasteiger partial charge on any atom is -0.353 e. The van der Waals surface area contributed by atoms with E-state index in [1.165, 1.54) is 12.8 Å². The Hall–Kier alpha value is -0.570. The van der Waals surface area contributed by atoms with Crippen molar-refractivity contribution in [3.05, 3.63) is 0 Å². The summed E-state index contributed by atoms with van der Waals surface area (Å²) < 4.78 is 0. The molecule has 2 aliphatic carbocycles. The fourth-order valence-electron chi connectivity index (χ4n) is 4.04. The van der Waals surface area contributed by atoms with Crippen molar-refractivity contribution in [3.8, 4) is 0 Å². The maximum atomic E-state index is 12.5. The summed E-state index contributed by atoms with van der Waals surface area (Å²) in [5.41, 5.74) is 6.02. The zero-order valence-corrected chi connectivity index (χ0v) is 12.7. The molecule has 0 spiro atoms. The van der Waals surface area contributed by atoms with E-state index in [-0.39, 0.29) is 17.9 Å². The molecule has 0 heterocycles. The molecular formula is C16H30N2O. The van der Waals surface area contributed by atoms with E-state index in [0.29, 0.717) is 17.9 Å². The van der Waals surface area contributed by atoms with Crippen molar-refractivity contribution in [2.45, 2.75) is 71.4 Å². The van der Waals surface area contributed by atoms with Crippen LogP contribution in [0.25, 0.3) is 0 Å². The number of nitrogens with two attached hydrogens (primary N) is 1. The van der Waals surface area contributed by atoms with Crippen molar-refractivity contribution in [1.29, 1.82) is 0 Å². The predicted molar refractivity (Wildman–Crippen MR) is 78.6 cm³/mol. The third kappa shape index (κ3) is 3.31. The highest BCUT2D eigenvalue weighted by molar-refractivity contribution is 5.79. The number of hydrogen-bond acceptors (Lipinski definition) is 2. The summed E-state index contributed by atoms with van der Waals surface area (Å²) in [7, 11) is 0. The van der Waals surface area contributed by atoms with Crippen LogP contribution in [0.3, 0.4) is 0 Å². The SMILES string of the molecule is CCC1CCC(NC(=O)C2CC(N)CCC2C)C1C. The minimum absolute atomic E-state index is 0.136. The quantitative estimate of drug-likeness (QED) is 0.825. The highest BCUT2D eigenvalue weighted by Crippen LogP contribution is 2.35. The van der Waals surface area contributed by atoms with Crippen LogP contribution >= 0.6 is 0 Å². The maximum absolute atomic E-state index is 12.5. The van der Waals surface area contributed by atoms with Gasteiger partial charge in [0, 0.05) is 18.0 Å². The van der Waals surface area contributed by atoms with E-state index in [4.69, 9.17) is 5.73 Å². The van der Waals surface area contributed by atoms with E-state index in [1.54, 1.807) is 0 Å². The molecule has 19 heavy (non-hydrogen) atoms. The molecule has 2 saturated carbocycles. The molecule has 0 bridgehead atoms. The number of rotatable bonds is 3. The summed E-state index contributed by atoms with van der Waals surface area (Å²) in [4.78, 5) is 12.5. The summed E-state index contributed by atoms with van der Waals surface area (Å²) in [6.45, 7) is 6.75. The topological polar surface area (TPSA) is 55.1 Å². The van der Waals surface area contributed by atoms with Crippen molar-refractivity contribution in [1.82, 2.24) is 5.32 Å². The van der Waals surface area contributed by atoms with Gasteiger partial charge in [-0.3, -0.25) is 4.79 Å². The lowest BCUT2D eigenvalue weighted by atomic mass is 9.77. The van der Waals surface area contributed by atoms with E-state index in [9.17, 15) is 4.79 Å². The zero-order chi connectivity index (χ0) is 14.0. The van der Waals surface area contributed by atoms with Gasteiger partial charge in [0.05, 0.1) is 0 Å². The number of amides is 1. The van der Waals surface area contributed by atoms with Gasteiger partial charge in [0.2, 0.25) is 5.91 Å². The van der Waals surface area contributed by atoms with Crippen LogP contribution in [0.4, 0.5) is 0 Å². The number of carbonyl (C=O) groups is 1. The van der Waals surface area contributed by atoms with Gasteiger partial charge in [0.1, 0.15) is 0 Å². The van der Waals surface area contributed by atoms with Crippen molar-refractivity contribution >= 4 is 5.91 Å². The molecule has 6 atom stereocenters. The lowest BCUT2D eigenvalue weighted by Crippen LogP contribution is -2.46. The molecule has 0 aromatic carbocycles. The Morgan fingerprint density at radius 3 is 2.58 bits per heavy atom. The van der Waals surface area contributed by atoms with Gasteiger partial charge in [-0.1, -0.05) is 27.2 Å². The van der Waals surface area contributed by atoms with Crippen molar-refractivity contribution in [3.63, 3.8) is 0 Å². The first-order valence-electron chi connectivity index (χ1n) is 8.08. The summed E-state index contributed by atoms with van der Waals surface area (Å²) in [6.07, 6.45) is 6.68. The van der Waals surface area contributed by atoms with Crippen LogP contribution in [0.15, 0.2) is 0 Å². The van der Waals surface area contributed by atoms with Gasteiger partial charge in [-0.05, 0) is 49.9 Å². The standard InChI is InChI=1S/C16H30N2O/c1-4-12-6-8-15(11(12)3)18-16(19)14-9-13(17)7-5-10(14)2/h10-15H,4-9,17H2,1-3H3,(H,18,19). The van der Waals surface area contributed by atoms with Crippen LogP contribution in [-0.4, -0.2) is 18.0 Å². The fraction of sp³-hybridized carbons (Fsp3) is 0.938. The first kappa shape index (κ1) is 14.8. The van der Waals surface area contributed by atoms with Gasteiger partial charge in [0.25, 0.3) is 0 Å². The van der Waals surface area contributed by atoms with Crippen LogP contribution in [0, 0.1) is 23.7 Å². The average molecular weight is 266 g/mol. The molecule has 110 valence electrons. The normalized spacial score (nSPS) is 43.2. The van der Waals surface area contributed by atoms with Gasteiger partial charge in [0.15, 0.2) is 0 Å². The van der Waals surface area contributed by atoms with E-state index < -0.39 is 0 Å². The number of nitrogens with one attached hydrogen (secondary N) is 1. The summed E-state index contributed by atoms with van der Waals surface area (Å²) in [5, 5.41) is 3.32. The molecule has 6 unspecified atom stereocenters. The second kappa shape index (κ2) is 6.25. The molecular weight excluding hydrogens is 236 g/mol. The number of carbonyl (C=O) groups excluding carboxylic acids is 1. The molecule has 2 fully saturated rings. The van der Waals surface area contributed by atoms with Crippen LogP contribution < -0.4 is 11.1 Å². The van der Waals surface area contributed by atoms with Crippen LogP contribution in [0.1, 0.15) is 59.3 Å². The Kier molecular flexibility index (Phi) is 4.88. The first-order chi connectivity index (χ1) is 9.02. The smallest absolute Gasteiger partial charge is 0.223 e. The third-order valence-electron chi connectivity index (χ3n) is 5.65. The van der Waals surface area contributed by atoms with E-state index in [1.807, 2.05) is 0 Å². The molecule has 0 saturated heterocycles. The molecule has 0 aliphatic heterocycles. The molecule has 3 heteroatoms. The minimum atomic E-state index is 0.136. The fourth-order valence-corrected chi connectivity index (χ4v) is 4.04. The van der Waals surface area contributed by atoms with E-state index in [0.717, 1.165) is 31.6 Å². The lowest BCUT2D eigenvalue weighted by Gasteiger charge is -2.33. The first-order valence-corrected chi connectivity index (χ1v) is 8.08. The van der Waals surface area contributed by atoms with Crippen molar-refractivity contribution in [2.24, 2.45) is 29.4 Å². The van der Waals surface area contributed by atoms with Crippen LogP contribution in [-0.2, 0) is 4.79 Å². The molecule has 2 aliphatic rings. The molecule has 1 amide bonds. The van der Waals surface area contributed by atoms with Gasteiger partial charge in [-0.25, -0.2) is 0 Å². The molecule has 3 nitrogen and oxygen atoms in total.